The monoisotopic (exact) mass is 575 g/mol. The smallest absolute Gasteiger partial charge is 0.282 e. The summed E-state index contributed by atoms with van der Waals surface area (Å²) < 4.78 is 25.1. The molecular weight excluding hydrogens is 550 g/mol. The fourth-order valence-corrected chi connectivity index (χ4v) is 4.46. The molecule has 0 spiro atoms. The first-order chi connectivity index (χ1) is 18.4. The first-order valence-corrected chi connectivity index (χ1v) is 12.9. The van der Waals surface area contributed by atoms with Crippen LogP contribution in [0.15, 0.2) is 79.4 Å². The third-order valence-electron chi connectivity index (χ3n) is 6.21. The maximum Gasteiger partial charge on any atom is 0.282 e. The van der Waals surface area contributed by atoms with Gasteiger partial charge in [0, 0.05) is 10.0 Å². The van der Waals surface area contributed by atoms with E-state index < -0.39 is 0 Å². The van der Waals surface area contributed by atoms with Gasteiger partial charge in [-0.15, -0.1) is 0 Å². The van der Waals surface area contributed by atoms with Crippen molar-refractivity contribution in [1.82, 2.24) is 9.66 Å². The first kappa shape index (κ1) is 25.5. The van der Waals surface area contributed by atoms with Gasteiger partial charge in [0.25, 0.3) is 5.56 Å². The summed E-state index contributed by atoms with van der Waals surface area (Å²) in [7, 11) is 3.18. The van der Waals surface area contributed by atoms with Gasteiger partial charge in [-0.05, 0) is 71.7 Å². The number of aromatic nitrogens is 2. The SMILES string of the molecule is CC[C@@H](C)Oc1cc(Br)c(C=Nn2c(-c3cc4c(OC)cccc4o3)nc3ccccc3c2=O)cc1OC. The van der Waals surface area contributed by atoms with Crippen LogP contribution in [0.4, 0.5) is 0 Å². The Hall–Kier alpha value is -4.11. The average Bonchev–Trinajstić information content (AvgIpc) is 3.37. The molecule has 0 aliphatic rings. The molecule has 38 heavy (non-hydrogen) atoms. The minimum atomic E-state index is -0.325. The van der Waals surface area contributed by atoms with Crippen LogP contribution in [-0.4, -0.2) is 36.2 Å². The lowest BCUT2D eigenvalue weighted by Crippen LogP contribution is -2.20. The maximum absolute atomic E-state index is 13.6. The number of rotatable bonds is 8. The van der Waals surface area contributed by atoms with Gasteiger partial charge in [0.05, 0.1) is 42.8 Å². The van der Waals surface area contributed by atoms with E-state index >= 15 is 0 Å². The van der Waals surface area contributed by atoms with Gasteiger partial charge in [-0.2, -0.15) is 9.78 Å². The molecule has 0 aliphatic heterocycles. The Bertz CT molecular complexity index is 1720. The summed E-state index contributed by atoms with van der Waals surface area (Å²) in [5, 5.41) is 5.77. The Morgan fingerprint density at radius 2 is 1.82 bits per heavy atom. The molecule has 5 rings (SSSR count). The second-order valence-corrected chi connectivity index (χ2v) is 9.51. The van der Waals surface area contributed by atoms with Crippen molar-refractivity contribution in [1.29, 1.82) is 0 Å². The van der Waals surface area contributed by atoms with Crippen LogP contribution < -0.4 is 19.8 Å². The van der Waals surface area contributed by atoms with Crippen LogP contribution in [0, 0.1) is 0 Å². The second kappa shape index (κ2) is 10.7. The molecule has 0 unspecified atom stereocenters. The van der Waals surface area contributed by atoms with Crippen molar-refractivity contribution in [3.05, 3.63) is 81.1 Å². The topological polar surface area (TPSA) is 88.1 Å². The zero-order valence-corrected chi connectivity index (χ0v) is 23.0. The Labute approximate surface area is 227 Å². The van der Waals surface area contributed by atoms with Crippen LogP contribution in [-0.2, 0) is 0 Å². The van der Waals surface area contributed by atoms with E-state index in [2.05, 4.69) is 28.0 Å². The highest BCUT2D eigenvalue weighted by Crippen LogP contribution is 2.35. The number of hydrogen-bond acceptors (Lipinski definition) is 7. The fraction of sp³-hybridized carbons (Fsp3) is 0.207. The van der Waals surface area contributed by atoms with Gasteiger partial charge in [-0.3, -0.25) is 4.79 Å². The van der Waals surface area contributed by atoms with Crippen molar-refractivity contribution in [2.45, 2.75) is 26.4 Å². The van der Waals surface area contributed by atoms with Crippen molar-refractivity contribution in [3.8, 4) is 28.8 Å². The fourth-order valence-electron chi connectivity index (χ4n) is 4.03. The molecule has 0 fully saturated rings. The van der Waals surface area contributed by atoms with Crippen molar-refractivity contribution in [3.63, 3.8) is 0 Å². The molecule has 0 bridgehead atoms. The zero-order chi connectivity index (χ0) is 26.8. The van der Waals surface area contributed by atoms with E-state index in [9.17, 15) is 4.79 Å². The highest BCUT2D eigenvalue weighted by Gasteiger charge is 2.18. The number of ether oxygens (including phenoxy) is 3. The Kier molecular flexibility index (Phi) is 7.20. The first-order valence-electron chi connectivity index (χ1n) is 12.1. The van der Waals surface area contributed by atoms with Crippen LogP contribution in [0.5, 0.6) is 17.2 Å². The van der Waals surface area contributed by atoms with Crippen LogP contribution in [0.2, 0.25) is 0 Å². The van der Waals surface area contributed by atoms with Gasteiger partial charge in [-0.25, -0.2) is 4.98 Å². The molecule has 5 aromatic rings. The molecule has 0 saturated carbocycles. The number of halogens is 1. The number of methoxy groups -OCH3 is 2. The predicted molar refractivity (Wildman–Crippen MR) is 152 cm³/mol. The van der Waals surface area contributed by atoms with Crippen molar-refractivity contribution in [2.75, 3.05) is 14.2 Å². The summed E-state index contributed by atoms with van der Waals surface area (Å²) in [6.45, 7) is 4.05. The zero-order valence-electron chi connectivity index (χ0n) is 21.4. The summed E-state index contributed by atoms with van der Waals surface area (Å²) in [5.74, 6) is 2.49. The molecule has 0 radical (unpaired) electrons. The number of furan rings is 1. The van der Waals surface area contributed by atoms with Crippen LogP contribution in [0.25, 0.3) is 33.5 Å². The summed E-state index contributed by atoms with van der Waals surface area (Å²) in [4.78, 5) is 18.3. The largest absolute Gasteiger partial charge is 0.496 e. The molecule has 0 amide bonds. The number of para-hydroxylation sites is 1. The van der Waals surface area contributed by atoms with Crippen LogP contribution in [0.3, 0.4) is 0 Å². The van der Waals surface area contributed by atoms with Crippen molar-refractivity contribution >= 4 is 44.0 Å². The van der Waals surface area contributed by atoms with E-state index in [0.717, 1.165) is 16.3 Å². The lowest BCUT2D eigenvalue weighted by Gasteiger charge is -2.16. The van der Waals surface area contributed by atoms with Gasteiger partial charge in [0.15, 0.2) is 17.3 Å². The molecule has 8 nitrogen and oxygen atoms in total. The molecule has 3 aromatic carbocycles. The van der Waals surface area contributed by atoms with Crippen molar-refractivity contribution in [2.24, 2.45) is 5.10 Å². The number of fused-ring (bicyclic) bond motifs is 2. The Morgan fingerprint density at radius 3 is 2.58 bits per heavy atom. The summed E-state index contributed by atoms with van der Waals surface area (Å²) in [6.07, 6.45) is 2.46. The molecule has 194 valence electrons. The molecule has 1 atom stereocenters. The van der Waals surface area contributed by atoms with Gasteiger partial charge >= 0.3 is 0 Å². The molecule has 9 heteroatoms. The van der Waals surface area contributed by atoms with E-state index in [1.807, 2.05) is 37.3 Å². The van der Waals surface area contributed by atoms with E-state index in [1.165, 1.54) is 4.68 Å². The highest BCUT2D eigenvalue weighted by atomic mass is 79.9. The number of nitrogens with zero attached hydrogens (tertiary/aromatic N) is 3. The lowest BCUT2D eigenvalue weighted by molar-refractivity contribution is 0.207. The van der Waals surface area contributed by atoms with Crippen LogP contribution >= 0.6 is 15.9 Å². The molecule has 2 heterocycles. The maximum atomic E-state index is 13.6. The third kappa shape index (κ3) is 4.77. The van der Waals surface area contributed by atoms with E-state index in [0.29, 0.717) is 45.1 Å². The summed E-state index contributed by atoms with van der Waals surface area (Å²) in [5.41, 5.74) is 1.52. The molecular formula is C29H26BrN3O5. The van der Waals surface area contributed by atoms with Gasteiger partial charge in [-0.1, -0.05) is 25.1 Å². The van der Waals surface area contributed by atoms with E-state index in [4.69, 9.17) is 23.6 Å². The summed E-state index contributed by atoms with van der Waals surface area (Å²) in [6, 6.07) is 18.1. The second-order valence-electron chi connectivity index (χ2n) is 8.66. The number of benzene rings is 3. The third-order valence-corrected chi connectivity index (χ3v) is 6.90. The van der Waals surface area contributed by atoms with Gasteiger partial charge in [0.2, 0.25) is 5.82 Å². The average molecular weight is 576 g/mol. The Balaban J connectivity index is 1.66. The minimum absolute atomic E-state index is 0.0301. The Morgan fingerprint density at radius 1 is 1.03 bits per heavy atom. The normalized spacial score (nSPS) is 12.3. The van der Waals surface area contributed by atoms with Gasteiger partial charge in [0.1, 0.15) is 11.3 Å². The van der Waals surface area contributed by atoms with E-state index in [-0.39, 0.29) is 17.5 Å². The molecule has 0 aliphatic carbocycles. The lowest BCUT2D eigenvalue weighted by atomic mass is 10.2. The standard InChI is InChI=1S/C29H26BrN3O5/c1-5-17(2)37-26-15-21(30)18(13-25(26)36-4)16-31-33-28(32-22-10-7-6-9-19(22)29(33)34)27-14-20-23(35-3)11-8-12-24(20)38-27/h6-17H,5H2,1-4H3/t17-/m1/s1. The minimum Gasteiger partial charge on any atom is -0.496 e. The highest BCUT2D eigenvalue weighted by molar-refractivity contribution is 9.10. The number of hydrogen-bond donors (Lipinski definition) is 0. The van der Waals surface area contributed by atoms with E-state index in [1.54, 1.807) is 50.8 Å². The molecule has 2 aromatic heterocycles. The molecule has 0 N–H and O–H groups in total. The quantitative estimate of drug-likeness (QED) is 0.192. The molecule has 0 saturated heterocycles. The van der Waals surface area contributed by atoms with Crippen LogP contribution in [0.1, 0.15) is 25.8 Å². The summed E-state index contributed by atoms with van der Waals surface area (Å²) >= 11 is 3.59. The van der Waals surface area contributed by atoms with Crippen molar-refractivity contribution < 1.29 is 18.6 Å². The predicted octanol–water partition coefficient (Wildman–Crippen LogP) is 6.65. The van der Waals surface area contributed by atoms with Gasteiger partial charge < -0.3 is 18.6 Å².